The molecule has 2 aliphatic rings. The van der Waals surface area contributed by atoms with Gasteiger partial charge in [0.15, 0.2) is 0 Å². The lowest BCUT2D eigenvalue weighted by Crippen LogP contribution is -2.39. The van der Waals surface area contributed by atoms with Crippen LogP contribution in [0, 0.1) is 11.8 Å². The molecular weight excluding hydrogens is 292 g/mol. The van der Waals surface area contributed by atoms with Crippen molar-refractivity contribution in [2.45, 2.75) is 45.7 Å². The molecule has 3 rings (SSSR count). The molecule has 2 fully saturated rings. The molecule has 1 atom stereocenters. The van der Waals surface area contributed by atoms with Crippen molar-refractivity contribution in [3.63, 3.8) is 0 Å². The number of carbonyl (C=O) groups excluding carboxylic acids is 2. The van der Waals surface area contributed by atoms with E-state index in [1.807, 2.05) is 27.6 Å². The summed E-state index contributed by atoms with van der Waals surface area (Å²) < 4.78 is 1.95. The summed E-state index contributed by atoms with van der Waals surface area (Å²) in [6.45, 7) is 6.05. The standard InChI is InChI=1S/C17H26N4O2/c1-12(2)9-20-10-13(8-16(20)22)17(23)21(14-4-5-14)11-15-18-6-7-19(15)3/h6-7,12-14H,4-5,8-11H2,1-3H3. The Morgan fingerprint density at radius 3 is 2.74 bits per heavy atom. The molecule has 23 heavy (non-hydrogen) atoms. The molecule has 126 valence electrons. The van der Waals surface area contributed by atoms with Gasteiger partial charge in [-0.15, -0.1) is 0 Å². The highest BCUT2D eigenvalue weighted by Gasteiger charge is 2.41. The van der Waals surface area contributed by atoms with Crippen LogP contribution in [0.25, 0.3) is 0 Å². The fourth-order valence-corrected chi connectivity index (χ4v) is 3.26. The number of nitrogens with zero attached hydrogens (tertiary/aromatic N) is 4. The van der Waals surface area contributed by atoms with Crippen molar-refractivity contribution < 1.29 is 9.59 Å². The van der Waals surface area contributed by atoms with Gasteiger partial charge >= 0.3 is 0 Å². The van der Waals surface area contributed by atoms with Crippen molar-refractivity contribution >= 4 is 11.8 Å². The minimum absolute atomic E-state index is 0.116. The van der Waals surface area contributed by atoms with E-state index in [1.54, 1.807) is 6.20 Å². The Hall–Kier alpha value is -1.85. The maximum Gasteiger partial charge on any atom is 0.228 e. The molecule has 1 saturated carbocycles. The monoisotopic (exact) mass is 318 g/mol. The summed E-state index contributed by atoms with van der Waals surface area (Å²) in [5.74, 6) is 1.37. The summed E-state index contributed by atoms with van der Waals surface area (Å²) in [5, 5.41) is 0. The summed E-state index contributed by atoms with van der Waals surface area (Å²) in [7, 11) is 1.95. The van der Waals surface area contributed by atoms with Crippen LogP contribution >= 0.6 is 0 Å². The van der Waals surface area contributed by atoms with E-state index >= 15 is 0 Å². The molecule has 1 aromatic heterocycles. The Bertz CT molecular complexity index is 591. The second-order valence-corrected chi connectivity index (χ2v) is 7.25. The number of aryl methyl sites for hydroxylation is 1. The lowest BCUT2D eigenvalue weighted by molar-refractivity contribution is -0.137. The Balaban J connectivity index is 1.67. The second kappa shape index (κ2) is 6.34. The highest BCUT2D eigenvalue weighted by atomic mass is 16.2. The number of rotatable bonds is 6. The normalized spacial score (nSPS) is 21.3. The largest absolute Gasteiger partial charge is 0.342 e. The number of amides is 2. The number of hydrogen-bond donors (Lipinski definition) is 0. The van der Waals surface area contributed by atoms with Gasteiger partial charge in [-0.1, -0.05) is 13.8 Å². The van der Waals surface area contributed by atoms with Crippen LogP contribution in [0.4, 0.5) is 0 Å². The number of aromatic nitrogens is 2. The Labute approximate surface area is 137 Å². The van der Waals surface area contributed by atoms with Crippen LogP contribution in [0.1, 0.15) is 38.9 Å². The Kier molecular flexibility index (Phi) is 4.41. The molecule has 0 aromatic carbocycles. The Morgan fingerprint density at radius 1 is 1.43 bits per heavy atom. The number of carbonyl (C=O) groups is 2. The van der Waals surface area contributed by atoms with Crippen molar-refractivity contribution in [2.75, 3.05) is 13.1 Å². The van der Waals surface area contributed by atoms with Crippen molar-refractivity contribution in [3.05, 3.63) is 18.2 Å². The summed E-state index contributed by atoms with van der Waals surface area (Å²) in [4.78, 5) is 33.2. The summed E-state index contributed by atoms with van der Waals surface area (Å²) in [6, 6.07) is 0.327. The average molecular weight is 318 g/mol. The first-order valence-electron chi connectivity index (χ1n) is 8.50. The van der Waals surface area contributed by atoms with E-state index in [4.69, 9.17) is 0 Å². The topological polar surface area (TPSA) is 58.4 Å². The van der Waals surface area contributed by atoms with Crippen molar-refractivity contribution in [3.8, 4) is 0 Å². The SMILES string of the molecule is CC(C)CN1CC(C(=O)N(Cc2nccn2C)C2CC2)CC1=O. The van der Waals surface area contributed by atoms with Crippen molar-refractivity contribution in [1.29, 1.82) is 0 Å². The third-order valence-electron chi connectivity index (χ3n) is 4.65. The molecule has 2 amide bonds. The van der Waals surface area contributed by atoms with Gasteiger partial charge in [-0.25, -0.2) is 4.98 Å². The molecule has 0 spiro atoms. The van der Waals surface area contributed by atoms with E-state index in [2.05, 4.69) is 18.8 Å². The molecule has 1 unspecified atom stereocenters. The van der Waals surface area contributed by atoms with Gasteiger partial charge in [0.2, 0.25) is 11.8 Å². The van der Waals surface area contributed by atoms with Gasteiger partial charge < -0.3 is 14.4 Å². The van der Waals surface area contributed by atoms with Crippen LogP contribution < -0.4 is 0 Å². The van der Waals surface area contributed by atoms with Gasteiger partial charge in [0.25, 0.3) is 0 Å². The van der Waals surface area contributed by atoms with E-state index in [0.29, 0.717) is 31.5 Å². The van der Waals surface area contributed by atoms with E-state index in [9.17, 15) is 9.59 Å². The first-order chi connectivity index (χ1) is 11.0. The molecule has 6 nitrogen and oxygen atoms in total. The van der Waals surface area contributed by atoms with Crippen LogP contribution in [0.5, 0.6) is 0 Å². The zero-order valence-corrected chi connectivity index (χ0v) is 14.2. The average Bonchev–Trinajstić information content (AvgIpc) is 3.16. The highest BCUT2D eigenvalue weighted by molar-refractivity contribution is 5.89. The zero-order valence-electron chi connectivity index (χ0n) is 14.2. The lowest BCUT2D eigenvalue weighted by Gasteiger charge is -2.25. The van der Waals surface area contributed by atoms with Crippen LogP contribution in [-0.2, 0) is 23.2 Å². The quantitative estimate of drug-likeness (QED) is 0.797. The van der Waals surface area contributed by atoms with Gasteiger partial charge in [0.1, 0.15) is 5.82 Å². The molecule has 0 N–H and O–H groups in total. The molecule has 2 heterocycles. The smallest absolute Gasteiger partial charge is 0.228 e. The summed E-state index contributed by atoms with van der Waals surface area (Å²) in [5.41, 5.74) is 0. The molecule has 6 heteroatoms. The fraction of sp³-hybridized carbons (Fsp3) is 0.706. The predicted octanol–water partition coefficient (Wildman–Crippen LogP) is 1.42. The van der Waals surface area contributed by atoms with E-state index in [1.165, 1.54) is 0 Å². The molecule has 0 bridgehead atoms. The third-order valence-corrected chi connectivity index (χ3v) is 4.65. The summed E-state index contributed by atoms with van der Waals surface area (Å²) in [6.07, 6.45) is 6.14. The molecule has 1 saturated heterocycles. The highest BCUT2D eigenvalue weighted by Crippen LogP contribution is 2.31. The zero-order chi connectivity index (χ0) is 16.6. The predicted molar refractivity (Wildman–Crippen MR) is 86.3 cm³/mol. The second-order valence-electron chi connectivity index (χ2n) is 7.25. The van der Waals surface area contributed by atoms with Gasteiger partial charge in [-0.2, -0.15) is 0 Å². The lowest BCUT2D eigenvalue weighted by atomic mass is 10.1. The number of imidazole rings is 1. The van der Waals surface area contributed by atoms with Crippen LogP contribution in [-0.4, -0.2) is 50.3 Å². The fourth-order valence-electron chi connectivity index (χ4n) is 3.26. The first-order valence-corrected chi connectivity index (χ1v) is 8.50. The maximum absolute atomic E-state index is 13.0. The minimum atomic E-state index is -0.192. The van der Waals surface area contributed by atoms with Gasteiger partial charge in [0.05, 0.1) is 12.5 Å². The maximum atomic E-state index is 13.0. The van der Waals surface area contributed by atoms with Gasteiger partial charge in [-0.3, -0.25) is 9.59 Å². The number of hydrogen-bond acceptors (Lipinski definition) is 3. The van der Waals surface area contributed by atoms with Crippen LogP contribution in [0.3, 0.4) is 0 Å². The molecule has 0 radical (unpaired) electrons. The van der Waals surface area contributed by atoms with E-state index in [0.717, 1.165) is 25.2 Å². The molecule has 1 aromatic rings. The van der Waals surface area contributed by atoms with E-state index < -0.39 is 0 Å². The number of likely N-dealkylation sites (tertiary alicyclic amines) is 1. The molecule has 1 aliphatic carbocycles. The van der Waals surface area contributed by atoms with Crippen molar-refractivity contribution in [1.82, 2.24) is 19.4 Å². The Morgan fingerprint density at radius 2 is 2.17 bits per heavy atom. The summed E-state index contributed by atoms with van der Waals surface area (Å²) >= 11 is 0. The molecular formula is C17H26N4O2. The van der Waals surface area contributed by atoms with Gasteiger partial charge in [0, 0.05) is 45.0 Å². The van der Waals surface area contributed by atoms with E-state index in [-0.39, 0.29) is 17.7 Å². The third kappa shape index (κ3) is 3.57. The van der Waals surface area contributed by atoms with Crippen LogP contribution in [0.15, 0.2) is 12.4 Å². The molecule has 1 aliphatic heterocycles. The van der Waals surface area contributed by atoms with Crippen LogP contribution in [0.2, 0.25) is 0 Å². The first kappa shape index (κ1) is 16.0. The van der Waals surface area contributed by atoms with Gasteiger partial charge in [-0.05, 0) is 18.8 Å². The minimum Gasteiger partial charge on any atom is -0.342 e. The van der Waals surface area contributed by atoms with Crippen molar-refractivity contribution in [2.24, 2.45) is 18.9 Å².